The lowest BCUT2D eigenvalue weighted by molar-refractivity contribution is 0.121. The van der Waals surface area contributed by atoms with Gasteiger partial charge in [-0.1, -0.05) is 0 Å². The van der Waals surface area contributed by atoms with Gasteiger partial charge in [0.25, 0.3) is 0 Å². The van der Waals surface area contributed by atoms with Crippen LogP contribution in [-0.4, -0.2) is 35.7 Å². The topological polar surface area (TPSA) is 47.3 Å². The molecule has 0 bridgehead atoms. The lowest BCUT2D eigenvalue weighted by Gasteiger charge is -2.35. The third-order valence-electron chi connectivity index (χ3n) is 3.09. The van der Waals surface area contributed by atoms with Crippen molar-refractivity contribution in [3.05, 3.63) is 0 Å². The SMILES string of the molecule is CC(O)CCN1CCC(C)(C#N)CC1. The third kappa shape index (κ3) is 3.28. The number of hydrogen-bond donors (Lipinski definition) is 1. The molecule has 0 aromatic carbocycles. The van der Waals surface area contributed by atoms with E-state index in [-0.39, 0.29) is 11.5 Å². The Hall–Kier alpha value is -0.590. The van der Waals surface area contributed by atoms with Crippen molar-refractivity contribution in [2.75, 3.05) is 19.6 Å². The molecule has 3 heteroatoms. The van der Waals surface area contributed by atoms with Crippen LogP contribution in [0.25, 0.3) is 0 Å². The van der Waals surface area contributed by atoms with E-state index in [1.54, 1.807) is 0 Å². The average molecular weight is 196 g/mol. The first-order valence-corrected chi connectivity index (χ1v) is 5.37. The summed E-state index contributed by atoms with van der Waals surface area (Å²) in [6, 6.07) is 2.39. The van der Waals surface area contributed by atoms with Gasteiger partial charge >= 0.3 is 0 Å². The summed E-state index contributed by atoms with van der Waals surface area (Å²) in [6.07, 6.45) is 2.55. The zero-order valence-electron chi connectivity index (χ0n) is 9.16. The van der Waals surface area contributed by atoms with Gasteiger partial charge in [-0.05, 0) is 46.2 Å². The normalized spacial score (nSPS) is 24.1. The molecule has 1 aliphatic heterocycles. The Bertz CT molecular complexity index is 212. The second-order valence-electron chi connectivity index (χ2n) is 4.65. The van der Waals surface area contributed by atoms with Crippen molar-refractivity contribution in [1.82, 2.24) is 4.90 Å². The Morgan fingerprint density at radius 2 is 2.07 bits per heavy atom. The summed E-state index contributed by atoms with van der Waals surface area (Å²) in [7, 11) is 0. The fourth-order valence-electron chi connectivity index (χ4n) is 1.75. The van der Waals surface area contributed by atoms with Gasteiger partial charge in [0, 0.05) is 6.54 Å². The minimum atomic E-state index is -0.209. The van der Waals surface area contributed by atoms with Gasteiger partial charge in [0.1, 0.15) is 0 Å². The number of nitrogens with zero attached hydrogens (tertiary/aromatic N) is 2. The fourth-order valence-corrected chi connectivity index (χ4v) is 1.75. The summed E-state index contributed by atoms with van der Waals surface area (Å²) in [4.78, 5) is 2.34. The van der Waals surface area contributed by atoms with Gasteiger partial charge < -0.3 is 10.0 Å². The van der Waals surface area contributed by atoms with E-state index in [2.05, 4.69) is 11.0 Å². The van der Waals surface area contributed by atoms with E-state index in [0.29, 0.717) is 0 Å². The number of aliphatic hydroxyl groups is 1. The Morgan fingerprint density at radius 3 is 2.50 bits per heavy atom. The van der Waals surface area contributed by atoms with Gasteiger partial charge in [-0.3, -0.25) is 0 Å². The van der Waals surface area contributed by atoms with Crippen molar-refractivity contribution >= 4 is 0 Å². The highest BCUT2D eigenvalue weighted by Crippen LogP contribution is 2.29. The molecule has 1 heterocycles. The Kier molecular flexibility index (Phi) is 3.91. The van der Waals surface area contributed by atoms with Crippen LogP contribution in [0.1, 0.15) is 33.1 Å². The summed E-state index contributed by atoms with van der Waals surface area (Å²) >= 11 is 0. The zero-order valence-corrected chi connectivity index (χ0v) is 9.16. The second-order valence-corrected chi connectivity index (χ2v) is 4.65. The van der Waals surface area contributed by atoms with E-state index in [1.165, 1.54) is 0 Å². The first-order valence-electron chi connectivity index (χ1n) is 5.37. The number of hydrogen-bond acceptors (Lipinski definition) is 3. The van der Waals surface area contributed by atoms with Crippen molar-refractivity contribution in [1.29, 1.82) is 5.26 Å². The lowest BCUT2D eigenvalue weighted by atomic mass is 9.82. The van der Waals surface area contributed by atoms with E-state index in [4.69, 9.17) is 10.4 Å². The maximum absolute atomic E-state index is 9.15. The molecule has 0 saturated carbocycles. The summed E-state index contributed by atoms with van der Waals surface area (Å²) < 4.78 is 0. The molecule has 0 amide bonds. The molecule has 1 rings (SSSR count). The minimum Gasteiger partial charge on any atom is -0.393 e. The molecule has 1 saturated heterocycles. The summed E-state index contributed by atoms with van der Waals surface area (Å²) in [5, 5.41) is 18.1. The van der Waals surface area contributed by atoms with Crippen LogP contribution in [0.15, 0.2) is 0 Å². The molecule has 80 valence electrons. The van der Waals surface area contributed by atoms with Crippen LogP contribution in [0.5, 0.6) is 0 Å². The van der Waals surface area contributed by atoms with Crippen molar-refractivity contribution in [3.8, 4) is 6.07 Å². The monoisotopic (exact) mass is 196 g/mol. The summed E-state index contributed by atoms with van der Waals surface area (Å²) in [5.74, 6) is 0. The van der Waals surface area contributed by atoms with Crippen LogP contribution in [-0.2, 0) is 0 Å². The van der Waals surface area contributed by atoms with E-state index in [0.717, 1.165) is 38.9 Å². The quantitative estimate of drug-likeness (QED) is 0.742. The summed E-state index contributed by atoms with van der Waals surface area (Å²) in [6.45, 7) is 6.81. The molecule has 0 spiro atoms. The second kappa shape index (κ2) is 4.77. The first-order chi connectivity index (χ1) is 6.56. The highest BCUT2D eigenvalue weighted by Gasteiger charge is 2.29. The largest absolute Gasteiger partial charge is 0.393 e. The van der Waals surface area contributed by atoms with Crippen molar-refractivity contribution < 1.29 is 5.11 Å². The molecule has 14 heavy (non-hydrogen) atoms. The highest BCUT2D eigenvalue weighted by molar-refractivity contribution is 4.98. The molecule has 1 aliphatic rings. The molecule has 0 radical (unpaired) electrons. The molecule has 3 nitrogen and oxygen atoms in total. The van der Waals surface area contributed by atoms with Crippen LogP contribution >= 0.6 is 0 Å². The standard InChI is InChI=1S/C11H20N2O/c1-10(14)3-6-13-7-4-11(2,9-12)5-8-13/h10,14H,3-8H2,1-2H3. The maximum Gasteiger partial charge on any atom is 0.0687 e. The molecule has 0 aromatic rings. The van der Waals surface area contributed by atoms with E-state index in [1.807, 2.05) is 13.8 Å². The van der Waals surface area contributed by atoms with E-state index >= 15 is 0 Å². The van der Waals surface area contributed by atoms with Gasteiger partial charge in [-0.2, -0.15) is 5.26 Å². The Morgan fingerprint density at radius 1 is 1.50 bits per heavy atom. The molecule has 0 aromatic heterocycles. The predicted molar refractivity (Wildman–Crippen MR) is 55.7 cm³/mol. The number of aliphatic hydroxyl groups excluding tert-OH is 1. The number of rotatable bonds is 3. The van der Waals surface area contributed by atoms with Crippen LogP contribution in [0.2, 0.25) is 0 Å². The molecule has 0 aliphatic carbocycles. The number of likely N-dealkylation sites (tertiary alicyclic amines) is 1. The van der Waals surface area contributed by atoms with Crippen molar-refractivity contribution in [2.45, 2.75) is 39.2 Å². The van der Waals surface area contributed by atoms with E-state index < -0.39 is 0 Å². The summed E-state index contributed by atoms with van der Waals surface area (Å²) in [5.41, 5.74) is -0.110. The zero-order chi connectivity index (χ0) is 10.6. The molecular weight excluding hydrogens is 176 g/mol. The van der Waals surface area contributed by atoms with Gasteiger partial charge in [-0.25, -0.2) is 0 Å². The third-order valence-corrected chi connectivity index (χ3v) is 3.09. The minimum absolute atomic E-state index is 0.110. The van der Waals surface area contributed by atoms with Gasteiger partial charge in [0.15, 0.2) is 0 Å². The molecule has 1 N–H and O–H groups in total. The Balaban J connectivity index is 2.26. The van der Waals surface area contributed by atoms with Crippen molar-refractivity contribution in [3.63, 3.8) is 0 Å². The fraction of sp³-hybridized carbons (Fsp3) is 0.909. The molecule has 1 atom stereocenters. The van der Waals surface area contributed by atoms with Crippen LogP contribution in [0.3, 0.4) is 0 Å². The molecular formula is C11H20N2O. The van der Waals surface area contributed by atoms with Crippen LogP contribution in [0, 0.1) is 16.7 Å². The van der Waals surface area contributed by atoms with E-state index in [9.17, 15) is 0 Å². The predicted octanol–water partition coefficient (Wildman–Crippen LogP) is 1.38. The molecule has 1 fully saturated rings. The van der Waals surface area contributed by atoms with Crippen LogP contribution < -0.4 is 0 Å². The maximum atomic E-state index is 9.15. The first kappa shape index (κ1) is 11.5. The molecule has 1 unspecified atom stereocenters. The van der Waals surface area contributed by atoms with Crippen LogP contribution in [0.4, 0.5) is 0 Å². The lowest BCUT2D eigenvalue weighted by Crippen LogP contribution is -2.39. The number of nitriles is 1. The average Bonchev–Trinajstić information content (AvgIpc) is 2.17. The van der Waals surface area contributed by atoms with Gasteiger partial charge in [-0.15, -0.1) is 0 Å². The smallest absolute Gasteiger partial charge is 0.0687 e. The Labute approximate surface area is 86.3 Å². The number of piperidine rings is 1. The van der Waals surface area contributed by atoms with Gasteiger partial charge in [0.05, 0.1) is 17.6 Å². The van der Waals surface area contributed by atoms with Gasteiger partial charge in [0.2, 0.25) is 0 Å². The van der Waals surface area contributed by atoms with Crippen molar-refractivity contribution in [2.24, 2.45) is 5.41 Å². The highest BCUT2D eigenvalue weighted by atomic mass is 16.3.